The second-order valence-corrected chi connectivity index (χ2v) is 4.49. The molecule has 0 saturated heterocycles. The predicted octanol–water partition coefficient (Wildman–Crippen LogP) is 2.96. The molecule has 3 rings (SSSR count). The molecule has 0 saturated carbocycles. The Hall–Kier alpha value is -2.33. The van der Waals surface area contributed by atoms with Gasteiger partial charge < -0.3 is 0 Å². The molecular weight excluding hydrogens is 264 g/mol. The Morgan fingerprint density at radius 2 is 1.63 bits per heavy atom. The van der Waals surface area contributed by atoms with Crippen molar-refractivity contribution in [3.8, 4) is 0 Å². The van der Waals surface area contributed by atoms with Crippen molar-refractivity contribution in [1.29, 1.82) is 0 Å². The summed E-state index contributed by atoms with van der Waals surface area (Å²) in [6.07, 6.45) is 0. The van der Waals surface area contributed by atoms with Gasteiger partial charge in [-0.1, -0.05) is 35.9 Å². The number of carbonyl (C=O) groups excluding carboxylic acids is 2. The average Bonchev–Trinajstić information content (AvgIpc) is 2.66. The maximum atomic E-state index is 12.2. The number of nitrogens with one attached hydrogen (secondary N) is 1. The number of fused-ring (bicyclic) bond motifs is 1. The first-order valence-corrected chi connectivity index (χ1v) is 6.05. The Kier molecular flexibility index (Phi) is 2.72. The van der Waals surface area contributed by atoms with E-state index < -0.39 is 11.8 Å². The highest BCUT2D eigenvalue weighted by Gasteiger charge is 2.37. The van der Waals surface area contributed by atoms with E-state index in [1.54, 1.807) is 30.3 Å². The SMILES string of the molecule is O=C1c2cccc(Cl)c2C(=O)N1Nc1ccccc1. The minimum absolute atomic E-state index is 0.248. The van der Waals surface area contributed by atoms with Crippen LogP contribution in [0.1, 0.15) is 20.7 Å². The van der Waals surface area contributed by atoms with E-state index in [2.05, 4.69) is 5.43 Å². The maximum Gasteiger partial charge on any atom is 0.282 e. The standard InChI is InChI=1S/C14H9ClN2O2/c15-11-8-4-7-10-12(11)14(19)17(13(10)18)16-9-5-2-1-3-6-9/h1-8,16H. The summed E-state index contributed by atoms with van der Waals surface area (Å²) >= 11 is 5.97. The number of hydrogen-bond acceptors (Lipinski definition) is 3. The molecule has 0 radical (unpaired) electrons. The van der Waals surface area contributed by atoms with Gasteiger partial charge in [-0.05, 0) is 24.3 Å². The number of amides is 2. The van der Waals surface area contributed by atoms with Gasteiger partial charge >= 0.3 is 0 Å². The first kappa shape index (κ1) is 11.7. The zero-order valence-corrected chi connectivity index (χ0v) is 10.5. The molecule has 2 aromatic carbocycles. The molecule has 19 heavy (non-hydrogen) atoms. The zero-order chi connectivity index (χ0) is 13.4. The van der Waals surface area contributed by atoms with Gasteiger partial charge in [0.25, 0.3) is 11.8 Å². The van der Waals surface area contributed by atoms with Crippen molar-refractivity contribution < 1.29 is 9.59 Å². The van der Waals surface area contributed by atoms with E-state index in [0.29, 0.717) is 11.3 Å². The summed E-state index contributed by atoms with van der Waals surface area (Å²) in [5.41, 5.74) is 4.02. The molecule has 2 aromatic rings. The van der Waals surface area contributed by atoms with E-state index in [1.807, 2.05) is 18.2 Å². The molecule has 1 aliphatic rings. The van der Waals surface area contributed by atoms with Gasteiger partial charge in [0, 0.05) is 0 Å². The van der Waals surface area contributed by atoms with Crippen LogP contribution < -0.4 is 5.43 Å². The van der Waals surface area contributed by atoms with Crippen LogP contribution in [0, 0.1) is 0 Å². The van der Waals surface area contributed by atoms with Crippen molar-refractivity contribution in [1.82, 2.24) is 5.01 Å². The molecule has 0 spiro atoms. The van der Waals surface area contributed by atoms with Gasteiger partial charge in [0.05, 0.1) is 21.8 Å². The van der Waals surface area contributed by atoms with Crippen LogP contribution in [0.5, 0.6) is 0 Å². The van der Waals surface area contributed by atoms with E-state index in [-0.39, 0.29) is 10.6 Å². The highest BCUT2D eigenvalue weighted by Crippen LogP contribution is 2.29. The number of benzene rings is 2. The average molecular weight is 273 g/mol. The van der Waals surface area contributed by atoms with E-state index in [0.717, 1.165) is 5.01 Å². The van der Waals surface area contributed by atoms with Gasteiger partial charge in [-0.3, -0.25) is 15.0 Å². The van der Waals surface area contributed by atoms with Gasteiger partial charge in [-0.25, -0.2) is 0 Å². The molecule has 0 aliphatic carbocycles. The predicted molar refractivity (Wildman–Crippen MR) is 72.0 cm³/mol. The molecule has 0 unspecified atom stereocenters. The van der Waals surface area contributed by atoms with Gasteiger partial charge in [-0.2, -0.15) is 5.01 Å². The largest absolute Gasteiger partial charge is 0.288 e. The van der Waals surface area contributed by atoms with Crippen molar-refractivity contribution in [2.45, 2.75) is 0 Å². The van der Waals surface area contributed by atoms with Crippen LogP contribution in [0.25, 0.3) is 0 Å². The fraction of sp³-hybridized carbons (Fsp3) is 0. The maximum absolute atomic E-state index is 12.2. The number of halogens is 1. The van der Waals surface area contributed by atoms with Gasteiger partial charge in [0.1, 0.15) is 0 Å². The lowest BCUT2D eigenvalue weighted by molar-refractivity contribution is 0.0691. The third-order valence-corrected chi connectivity index (χ3v) is 3.19. The Morgan fingerprint density at radius 3 is 2.32 bits per heavy atom. The highest BCUT2D eigenvalue weighted by molar-refractivity contribution is 6.37. The molecule has 2 amide bonds. The molecule has 1 aliphatic heterocycles. The Balaban J connectivity index is 1.97. The Morgan fingerprint density at radius 1 is 0.895 bits per heavy atom. The lowest BCUT2D eigenvalue weighted by Crippen LogP contribution is -2.35. The van der Waals surface area contributed by atoms with Crippen molar-refractivity contribution >= 4 is 29.1 Å². The smallest absolute Gasteiger partial charge is 0.282 e. The van der Waals surface area contributed by atoms with E-state index >= 15 is 0 Å². The number of hydrogen-bond donors (Lipinski definition) is 1. The number of para-hydroxylation sites is 1. The zero-order valence-electron chi connectivity index (χ0n) is 9.76. The van der Waals surface area contributed by atoms with Crippen LogP contribution in [0.4, 0.5) is 5.69 Å². The molecule has 4 nitrogen and oxygen atoms in total. The first-order valence-electron chi connectivity index (χ1n) is 5.67. The van der Waals surface area contributed by atoms with Gasteiger partial charge in [0.15, 0.2) is 0 Å². The molecule has 5 heteroatoms. The lowest BCUT2D eigenvalue weighted by Gasteiger charge is -2.16. The second-order valence-electron chi connectivity index (χ2n) is 4.09. The summed E-state index contributed by atoms with van der Waals surface area (Å²) in [6, 6.07) is 13.9. The molecule has 94 valence electrons. The van der Waals surface area contributed by atoms with Crippen molar-refractivity contribution in [3.63, 3.8) is 0 Å². The van der Waals surface area contributed by atoms with Crippen LogP contribution in [-0.2, 0) is 0 Å². The summed E-state index contributed by atoms with van der Waals surface area (Å²) in [4.78, 5) is 24.3. The fourth-order valence-electron chi connectivity index (χ4n) is 1.99. The number of imide groups is 1. The van der Waals surface area contributed by atoms with E-state index in [1.165, 1.54) is 0 Å². The van der Waals surface area contributed by atoms with Crippen LogP contribution in [0.2, 0.25) is 5.02 Å². The van der Waals surface area contributed by atoms with Crippen LogP contribution in [0.15, 0.2) is 48.5 Å². The Bertz CT molecular complexity index is 670. The van der Waals surface area contributed by atoms with Crippen molar-refractivity contribution in [2.75, 3.05) is 5.43 Å². The third kappa shape index (κ3) is 1.86. The molecule has 0 aromatic heterocycles. The number of nitrogens with zero attached hydrogens (tertiary/aromatic N) is 1. The van der Waals surface area contributed by atoms with Crippen LogP contribution in [0.3, 0.4) is 0 Å². The summed E-state index contributed by atoms with van der Waals surface area (Å²) in [5, 5.41) is 1.26. The number of carbonyl (C=O) groups is 2. The monoisotopic (exact) mass is 272 g/mol. The minimum Gasteiger partial charge on any atom is -0.288 e. The van der Waals surface area contributed by atoms with Crippen LogP contribution >= 0.6 is 11.6 Å². The van der Waals surface area contributed by atoms with E-state index in [9.17, 15) is 9.59 Å². The third-order valence-electron chi connectivity index (χ3n) is 2.88. The molecule has 0 fully saturated rings. The quantitative estimate of drug-likeness (QED) is 0.855. The first-order chi connectivity index (χ1) is 9.18. The summed E-state index contributed by atoms with van der Waals surface area (Å²) < 4.78 is 0. The second kappa shape index (κ2) is 4.40. The fourth-order valence-corrected chi connectivity index (χ4v) is 2.24. The van der Waals surface area contributed by atoms with E-state index in [4.69, 9.17) is 11.6 Å². The highest BCUT2D eigenvalue weighted by atomic mass is 35.5. The van der Waals surface area contributed by atoms with Gasteiger partial charge in [-0.15, -0.1) is 0 Å². The molecule has 0 bridgehead atoms. The summed E-state index contributed by atoms with van der Waals surface area (Å²) in [6.45, 7) is 0. The van der Waals surface area contributed by atoms with Crippen molar-refractivity contribution in [3.05, 3.63) is 64.7 Å². The number of rotatable bonds is 2. The minimum atomic E-state index is -0.436. The molecule has 1 N–H and O–H groups in total. The molecular formula is C14H9ClN2O2. The van der Waals surface area contributed by atoms with Crippen molar-refractivity contribution in [2.24, 2.45) is 0 Å². The Labute approximate surface area is 114 Å². The number of hydrazine groups is 1. The number of anilines is 1. The molecule has 0 atom stereocenters. The summed E-state index contributed by atoms with van der Waals surface area (Å²) in [5.74, 6) is -0.833. The lowest BCUT2D eigenvalue weighted by atomic mass is 10.1. The topological polar surface area (TPSA) is 49.4 Å². The van der Waals surface area contributed by atoms with Gasteiger partial charge in [0.2, 0.25) is 0 Å². The normalized spacial score (nSPS) is 13.6. The molecule has 1 heterocycles. The van der Waals surface area contributed by atoms with Crippen LogP contribution in [-0.4, -0.2) is 16.8 Å². The summed E-state index contributed by atoms with van der Waals surface area (Å²) in [7, 11) is 0.